The molecule has 0 amide bonds. The second kappa shape index (κ2) is 5.29. The molecule has 17 heavy (non-hydrogen) atoms. The molecule has 0 bridgehead atoms. The van der Waals surface area contributed by atoms with Gasteiger partial charge in [-0.25, -0.2) is 14.7 Å². The Morgan fingerprint density at radius 2 is 2.12 bits per heavy atom. The molecule has 88 valence electrons. The van der Waals surface area contributed by atoms with Crippen LogP contribution in [0.15, 0.2) is 40.3 Å². The van der Waals surface area contributed by atoms with Crippen LogP contribution in [0.25, 0.3) is 5.69 Å². The van der Waals surface area contributed by atoms with Crippen molar-refractivity contribution in [2.24, 2.45) is 10.7 Å². The molecule has 0 unspecified atom stereocenters. The number of nitrogens with zero attached hydrogens (tertiary/aromatic N) is 4. The van der Waals surface area contributed by atoms with Gasteiger partial charge in [0.25, 0.3) is 0 Å². The number of aromatic nitrogens is 3. The Morgan fingerprint density at radius 1 is 1.41 bits per heavy atom. The van der Waals surface area contributed by atoms with Gasteiger partial charge in [-0.15, -0.1) is 16.7 Å². The van der Waals surface area contributed by atoms with E-state index in [4.69, 9.17) is 17.3 Å². The fraction of sp³-hybridized carbons (Fsp3) is 0.100. The maximum atomic E-state index is 5.55. The zero-order valence-electron chi connectivity index (χ0n) is 8.72. The Morgan fingerprint density at radius 3 is 2.65 bits per heavy atom. The summed E-state index contributed by atoms with van der Waals surface area (Å²) >= 11 is 8.74. The zero-order chi connectivity index (χ0) is 12.3. The van der Waals surface area contributed by atoms with Crippen molar-refractivity contribution in [1.82, 2.24) is 14.8 Å². The van der Waals surface area contributed by atoms with Crippen LogP contribution in [0.3, 0.4) is 0 Å². The Bertz CT molecular complexity index is 534. The van der Waals surface area contributed by atoms with Gasteiger partial charge < -0.3 is 5.73 Å². The highest BCUT2D eigenvalue weighted by Crippen LogP contribution is 2.15. The standard InChI is InChI=1S/C10H9BrClN5/c11-10-14-6-17(16-10)8-3-1-7(2-4-8)15-9(13)5-12/h1-4,6H,5H2,(H2,13,15). The molecule has 0 aliphatic carbocycles. The molecular weight excluding hydrogens is 306 g/mol. The fourth-order valence-electron chi connectivity index (χ4n) is 1.24. The maximum absolute atomic E-state index is 5.55. The van der Waals surface area contributed by atoms with Crippen molar-refractivity contribution in [2.45, 2.75) is 0 Å². The number of benzene rings is 1. The molecule has 0 saturated carbocycles. The van der Waals surface area contributed by atoms with Crippen molar-refractivity contribution in [3.8, 4) is 5.69 Å². The molecule has 1 aromatic heterocycles. The number of aliphatic imine (C=N–C) groups is 1. The van der Waals surface area contributed by atoms with E-state index in [0.29, 0.717) is 10.6 Å². The molecule has 0 spiro atoms. The molecule has 2 aromatic rings. The second-order valence-corrected chi connectivity index (χ2v) is 4.19. The summed E-state index contributed by atoms with van der Waals surface area (Å²) in [4.78, 5) is 8.11. The average molecular weight is 315 g/mol. The van der Waals surface area contributed by atoms with Gasteiger partial charge in [0, 0.05) is 0 Å². The molecule has 0 aliphatic heterocycles. The lowest BCUT2D eigenvalue weighted by Crippen LogP contribution is -2.12. The van der Waals surface area contributed by atoms with Crippen LogP contribution in [0, 0.1) is 0 Å². The van der Waals surface area contributed by atoms with E-state index in [-0.39, 0.29) is 5.88 Å². The van der Waals surface area contributed by atoms with Crippen LogP contribution in [0.2, 0.25) is 0 Å². The first-order chi connectivity index (χ1) is 8.19. The van der Waals surface area contributed by atoms with Crippen LogP contribution in [-0.4, -0.2) is 26.5 Å². The van der Waals surface area contributed by atoms with E-state index in [9.17, 15) is 0 Å². The van der Waals surface area contributed by atoms with Crippen molar-refractivity contribution in [3.63, 3.8) is 0 Å². The molecule has 1 heterocycles. The highest BCUT2D eigenvalue weighted by molar-refractivity contribution is 9.10. The lowest BCUT2D eigenvalue weighted by atomic mass is 10.3. The second-order valence-electron chi connectivity index (χ2n) is 3.21. The number of nitrogens with two attached hydrogens (primary N) is 1. The summed E-state index contributed by atoms with van der Waals surface area (Å²) in [5.41, 5.74) is 7.19. The van der Waals surface area contributed by atoms with Gasteiger partial charge >= 0.3 is 0 Å². The van der Waals surface area contributed by atoms with E-state index in [2.05, 4.69) is 31.0 Å². The Balaban J connectivity index is 2.24. The third kappa shape index (κ3) is 3.04. The Kier molecular flexibility index (Phi) is 3.75. The lowest BCUT2D eigenvalue weighted by Gasteiger charge is -2.01. The maximum Gasteiger partial charge on any atom is 0.217 e. The summed E-state index contributed by atoms with van der Waals surface area (Å²) in [6.07, 6.45) is 1.62. The summed E-state index contributed by atoms with van der Waals surface area (Å²) in [6, 6.07) is 7.43. The van der Waals surface area contributed by atoms with E-state index in [0.717, 1.165) is 11.4 Å². The van der Waals surface area contributed by atoms with Crippen LogP contribution >= 0.6 is 27.5 Å². The van der Waals surface area contributed by atoms with Crippen LogP contribution in [-0.2, 0) is 0 Å². The molecule has 0 saturated heterocycles. The summed E-state index contributed by atoms with van der Waals surface area (Å²) in [7, 11) is 0. The minimum Gasteiger partial charge on any atom is -0.386 e. The molecule has 7 heteroatoms. The smallest absolute Gasteiger partial charge is 0.217 e. The first-order valence-corrected chi connectivity index (χ1v) is 6.08. The van der Waals surface area contributed by atoms with Gasteiger partial charge in [-0.1, -0.05) is 0 Å². The average Bonchev–Trinajstić information content (AvgIpc) is 2.77. The minimum atomic E-state index is 0.220. The normalized spacial score (nSPS) is 11.8. The highest BCUT2D eigenvalue weighted by Gasteiger charge is 2.00. The van der Waals surface area contributed by atoms with E-state index in [1.807, 2.05) is 24.3 Å². The molecule has 2 rings (SSSR count). The van der Waals surface area contributed by atoms with Gasteiger partial charge in [-0.3, -0.25) is 0 Å². The summed E-state index contributed by atoms with van der Waals surface area (Å²) in [5, 5.41) is 4.13. The number of alkyl halides is 1. The van der Waals surface area contributed by atoms with E-state index in [1.165, 1.54) is 0 Å². The van der Waals surface area contributed by atoms with Crippen LogP contribution in [0.5, 0.6) is 0 Å². The summed E-state index contributed by atoms with van der Waals surface area (Å²) in [6.45, 7) is 0. The van der Waals surface area contributed by atoms with Crippen molar-refractivity contribution in [3.05, 3.63) is 35.3 Å². The van der Waals surface area contributed by atoms with Crippen LogP contribution < -0.4 is 5.73 Å². The molecule has 0 atom stereocenters. The highest BCUT2D eigenvalue weighted by atomic mass is 79.9. The third-order valence-corrected chi connectivity index (χ3v) is 2.62. The topological polar surface area (TPSA) is 69.1 Å². The summed E-state index contributed by atoms with van der Waals surface area (Å²) < 4.78 is 2.20. The first kappa shape index (κ1) is 12.1. The van der Waals surface area contributed by atoms with E-state index in [1.54, 1.807) is 11.0 Å². The van der Waals surface area contributed by atoms with Crippen molar-refractivity contribution < 1.29 is 0 Å². The van der Waals surface area contributed by atoms with Gasteiger partial charge in [0.2, 0.25) is 4.73 Å². The Labute approximate surface area is 111 Å². The molecule has 0 fully saturated rings. The molecule has 5 nitrogen and oxygen atoms in total. The van der Waals surface area contributed by atoms with Gasteiger partial charge in [-0.2, -0.15) is 0 Å². The molecule has 0 radical (unpaired) electrons. The number of hydrogen-bond acceptors (Lipinski definition) is 3. The predicted octanol–water partition coefficient (Wildman–Crippen LogP) is 2.26. The molecule has 0 aliphatic rings. The quantitative estimate of drug-likeness (QED) is 0.537. The van der Waals surface area contributed by atoms with Gasteiger partial charge in [-0.05, 0) is 40.2 Å². The number of amidine groups is 1. The van der Waals surface area contributed by atoms with Gasteiger partial charge in [0.1, 0.15) is 12.2 Å². The number of rotatable bonds is 3. The number of halogens is 2. The van der Waals surface area contributed by atoms with Crippen LogP contribution in [0.4, 0.5) is 5.69 Å². The minimum absolute atomic E-state index is 0.220. The first-order valence-electron chi connectivity index (χ1n) is 4.75. The van der Waals surface area contributed by atoms with Gasteiger partial charge in [0.05, 0.1) is 17.3 Å². The lowest BCUT2D eigenvalue weighted by molar-refractivity contribution is 0.870. The van der Waals surface area contributed by atoms with Crippen molar-refractivity contribution >= 4 is 39.1 Å². The zero-order valence-corrected chi connectivity index (χ0v) is 11.1. The van der Waals surface area contributed by atoms with Crippen LogP contribution in [0.1, 0.15) is 0 Å². The van der Waals surface area contributed by atoms with Gasteiger partial charge in [0.15, 0.2) is 0 Å². The predicted molar refractivity (Wildman–Crippen MR) is 71.1 cm³/mol. The molecule has 2 N–H and O–H groups in total. The third-order valence-electron chi connectivity index (χ3n) is 1.99. The van der Waals surface area contributed by atoms with E-state index < -0.39 is 0 Å². The largest absolute Gasteiger partial charge is 0.386 e. The molecule has 1 aromatic carbocycles. The monoisotopic (exact) mass is 313 g/mol. The SMILES string of the molecule is NC(CCl)=Nc1ccc(-n2cnc(Br)n2)cc1. The van der Waals surface area contributed by atoms with Crippen molar-refractivity contribution in [1.29, 1.82) is 0 Å². The Hall–Kier alpha value is -1.40. The fourth-order valence-corrected chi connectivity index (χ4v) is 1.57. The van der Waals surface area contributed by atoms with E-state index >= 15 is 0 Å². The summed E-state index contributed by atoms with van der Waals surface area (Å²) in [5.74, 6) is 0.612. The number of hydrogen-bond donors (Lipinski definition) is 1. The van der Waals surface area contributed by atoms with Crippen molar-refractivity contribution in [2.75, 3.05) is 5.88 Å². The molecular formula is C10H9BrClN5.